The molecule has 0 saturated carbocycles. The van der Waals surface area contributed by atoms with Crippen LogP contribution >= 0.6 is 27.5 Å². The van der Waals surface area contributed by atoms with Crippen molar-refractivity contribution < 1.29 is 9.90 Å². The molecule has 1 heterocycles. The zero-order valence-electron chi connectivity index (χ0n) is 8.95. The van der Waals surface area contributed by atoms with Gasteiger partial charge in [-0.05, 0) is 24.3 Å². The van der Waals surface area contributed by atoms with Crippen LogP contribution in [0, 0.1) is 0 Å². The number of benzene rings is 1. The maximum atomic E-state index is 10.9. The molecular formula is C12H9BrClNO2. The van der Waals surface area contributed by atoms with Crippen molar-refractivity contribution in [3.05, 3.63) is 45.5 Å². The van der Waals surface area contributed by atoms with Gasteiger partial charge in [0.25, 0.3) is 0 Å². The van der Waals surface area contributed by atoms with Gasteiger partial charge in [0, 0.05) is 22.8 Å². The summed E-state index contributed by atoms with van der Waals surface area (Å²) in [6.07, 6.45) is 0. The quantitative estimate of drug-likeness (QED) is 0.916. The molecule has 0 fully saturated rings. The van der Waals surface area contributed by atoms with E-state index in [0.717, 1.165) is 15.7 Å². The Morgan fingerprint density at radius 3 is 2.59 bits per heavy atom. The topological polar surface area (TPSA) is 42.2 Å². The predicted octanol–water partition coefficient (Wildman–Crippen LogP) is 3.81. The van der Waals surface area contributed by atoms with E-state index in [1.54, 1.807) is 29.8 Å². The summed E-state index contributed by atoms with van der Waals surface area (Å²) in [6.45, 7) is 0. The van der Waals surface area contributed by atoms with Crippen LogP contribution in [0.3, 0.4) is 0 Å². The van der Waals surface area contributed by atoms with Crippen molar-refractivity contribution in [1.82, 2.24) is 4.57 Å². The fourth-order valence-corrected chi connectivity index (χ4v) is 2.46. The number of halogens is 2. The molecule has 2 aromatic rings. The highest BCUT2D eigenvalue weighted by molar-refractivity contribution is 9.10. The van der Waals surface area contributed by atoms with E-state index in [-0.39, 0.29) is 5.69 Å². The number of nitrogens with zero attached hydrogens (tertiary/aromatic N) is 1. The van der Waals surface area contributed by atoms with Crippen molar-refractivity contribution in [3.8, 4) is 11.3 Å². The lowest BCUT2D eigenvalue weighted by Gasteiger charge is -2.07. The molecule has 0 saturated heterocycles. The van der Waals surface area contributed by atoms with Gasteiger partial charge in [0.15, 0.2) is 0 Å². The molecule has 0 amide bonds. The third-order valence-electron chi connectivity index (χ3n) is 2.55. The second-order valence-corrected chi connectivity index (χ2v) is 4.92. The van der Waals surface area contributed by atoms with Gasteiger partial charge in [-0.15, -0.1) is 0 Å². The van der Waals surface area contributed by atoms with Crippen LogP contribution in [0.25, 0.3) is 11.3 Å². The van der Waals surface area contributed by atoms with Crippen LogP contribution in [0.15, 0.2) is 34.8 Å². The predicted molar refractivity (Wildman–Crippen MR) is 70.5 cm³/mol. The van der Waals surface area contributed by atoms with E-state index >= 15 is 0 Å². The van der Waals surface area contributed by atoms with Gasteiger partial charge < -0.3 is 9.67 Å². The van der Waals surface area contributed by atoms with E-state index in [0.29, 0.717) is 5.02 Å². The molecule has 17 heavy (non-hydrogen) atoms. The van der Waals surface area contributed by atoms with Crippen molar-refractivity contribution >= 4 is 33.5 Å². The average Bonchev–Trinajstić information content (AvgIpc) is 2.60. The Morgan fingerprint density at radius 1 is 1.35 bits per heavy atom. The Bertz CT molecular complexity index is 592. The first-order valence-corrected chi connectivity index (χ1v) is 6.02. The lowest BCUT2D eigenvalue weighted by molar-refractivity contribution is 0.0687. The number of hydrogen-bond acceptors (Lipinski definition) is 1. The number of hydrogen-bond donors (Lipinski definition) is 1. The standard InChI is InChI=1S/C12H9BrClNO2/c1-15-10(4-5-11(15)12(16)17)8-3-2-7(13)6-9(8)14/h2-6H,1H3,(H,16,17). The molecule has 0 unspecified atom stereocenters. The van der Waals surface area contributed by atoms with Crippen LogP contribution in [-0.2, 0) is 7.05 Å². The van der Waals surface area contributed by atoms with Gasteiger partial charge >= 0.3 is 5.97 Å². The molecular weight excluding hydrogens is 305 g/mol. The maximum Gasteiger partial charge on any atom is 0.352 e. The Kier molecular flexibility index (Phi) is 3.26. The summed E-state index contributed by atoms with van der Waals surface area (Å²) in [5, 5.41) is 9.56. The highest BCUT2D eigenvalue weighted by Gasteiger charge is 2.14. The minimum atomic E-state index is -0.952. The smallest absolute Gasteiger partial charge is 0.352 e. The molecule has 3 nitrogen and oxygen atoms in total. The van der Waals surface area contributed by atoms with Crippen molar-refractivity contribution in [3.63, 3.8) is 0 Å². The Balaban J connectivity index is 2.57. The van der Waals surface area contributed by atoms with E-state index in [9.17, 15) is 4.79 Å². The molecule has 1 aromatic carbocycles. The first-order chi connectivity index (χ1) is 8.00. The number of aromatic carboxylic acids is 1. The van der Waals surface area contributed by atoms with E-state index in [2.05, 4.69) is 15.9 Å². The number of aromatic nitrogens is 1. The fraction of sp³-hybridized carbons (Fsp3) is 0.0833. The molecule has 1 aromatic heterocycles. The lowest BCUT2D eigenvalue weighted by Crippen LogP contribution is -2.05. The van der Waals surface area contributed by atoms with Crippen molar-refractivity contribution in [2.24, 2.45) is 7.05 Å². The summed E-state index contributed by atoms with van der Waals surface area (Å²) in [6, 6.07) is 8.82. The molecule has 88 valence electrons. The minimum Gasteiger partial charge on any atom is -0.477 e. The maximum absolute atomic E-state index is 10.9. The summed E-state index contributed by atoms with van der Waals surface area (Å²) in [5.74, 6) is -0.952. The summed E-state index contributed by atoms with van der Waals surface area (Å²) in [5.41, 5.74) is 1.82. The van der Waals surface area contributed by atoms with Gasteiger partial charge in [-0.3, -0.25) is 0 Å². The number of carboxylic acid groups (broad SMARTS) is 1. The average molecular weight is 315 g/mol. The molecule has 5 heteroatoms. The van der Waals surface area contributed by atoms with Gasteiger partial charge in [0.2, 0.25) is 0 Å². The Hall–Kier alpha value is -1.26. The molecule has 0 aliphatic carbocycles. The van der Waals surface area contributed by atoms with Crippen molar-refractivity contribution in [1.29, 1.82) is 0 Å². The fourth-order valence-electron chi connectivity index (χ4n) is 1.69. The highest BCUT2D eigenvalue weighted by Crippen LogP contribution is 2.31. The Morgan fingerprint density at radius 2 is 2.06 bits per heavy atom. The van der Waals surface area contributed by atoms with Crippen LogP contribution < -0.4 is 0 Å². The van der Waals surface area contributed by atoms with Crippen molar-refractivity contribution in [2.75, 3.05) is 0 Å². The molecule has 1 N–H and O–H groups in total. The second kappa shape index (κ2) is 4.55. The second-order valence-electron chi connectivity index (χ2n) is 3.59. The van der Waals surface area contributed by atoms with E-state index in [1.807, 2.05) is 12.1 Å². The molecule has 0 atom stereocenters. The highest BCUT2D eigenvalue weighted by atomic mass is 79.9. The van der Waals surface area contributed by atoms with Crippen LogP contribution in [0.1, 0.15) is 10.5 Å². The largest absolute Gasteiger partial charge is 0.477 e. The number of rotatable bonds is 2. The van der Waals surface area contributed by atoms with Gasteiger partial charge in [0.05, 0.1) is 5.02 Å². The van der Waals surface area contributed by atoms with Crippen LogP contribution in [0.2, 0.25) is 5.02 Å². The molecule has 0 spiro atoms. The van der Waals surface area contributed by atoms with Crippen molar-refractivity contribution in [2.45, 2.75) is 0 Å². The first-order valence-electron chi connectivity index (χ1n) is 4.85. The molecule has 2 rings (SSSR count). The molecule has 0 aliphatic heterocycles. The summed E-state index contributed by atoms with van der Waals surface area (Å²) < 4.78 is 2.50. The summed E-state index contributed by atoms with van der Waals surface area (Å²) in [7, 11) is 1.71. The zero-order valence-corrected chi connectivity index (χ0v) is 11.3. The number of carboxylic acids is 1. The van der Waals surface area contributed by atoms with E-state index < -0.39 is 5.97 Å². The summed E-state index contributed by atoms with van der Waals surface area (Å²) in [4.78, 5) is 10.9. The Labute approximate surface area is 112 Å². The molecule has 0 radical (unpaired) electrons. The third kappa shape index (κ3) is 2.23. The van der Waals surface area contributed by atoms with Crippen LogP contribution in [0.5, 0.6) is 0 Å². The van der Waals surface area contributed by atoms with Gasteiger partial charge in [0.1, 0.15) is 5.69 Å². The van der Waals surface area contributed by atoms with Crippen LogP contribution in [0.4, 0.5) is 0 Å². The molecule has 0 bridgehead atoms. The normalized spacial score (nSPS) is 10.5. The molecule has 0 aliphatic rings. The zero-order chi connectivity index (χ0) is 12.6. The van der Waals surface area contributed by atoms with Gasteiger partial charge in [-0.25, -0.2) is 4.79 Å². The number of carbonyl (C=O) groups is 1. The van der Waals surface area contributed by atoms with E-state index in [4.69, 9.17) is 16.7 Å². The lowest BCUT2D eigenvalue weighted by atomic mass is 10.1. The summed E-state index contributed by atoms with van der Waals surface area (Å²) >= 11 is 9.46. The third-order valence-corrected chi connectivity index (χ3v) is 3.35. The van der Waals surface area contributed by atoms with E-state index in [1.165, 1.54) is 0 Å². The first kappa shape index (κ1) is 12.2. The van der Waals surface area contributed by atoms with Crippen LogP contribution in [-0.4, -0.2) is 15.6 Å². The van der Waals surface area contributed by atoms with Gasteiger partial charge in [-0.2, -0.15) is 0 Å². The minimum absolute atomic E-state index is 0.235. The monoisotopic (exact) mass is 313 g/mol. The SMILES string of the molecule is Cn1c(C(=O)O)ccc1-c1ccc(Br)cc1Cl. The van der Waals surface area contributed by atoms with Gasteiger partial charge in [-0.1, -0.05) is 33.6 Å².